The summed E-state index contributed by atoms with van der Waals surface area (Å²) in [5, 5.41) is 13.0. The fraction of sp³-hybridized carbons (Fsp3) is 0.211. The highest BCUT2D eigenvalue weighted by molar-refractivity contribution is 5.84. The first kappa shape index (κ1) is 14.9. The molecule has 130 valence electrons. The van der Waals surface area contributed by atoms with Crippen molar-refractivity contribution in [2.45, 2.75) is 18.9 Å². The number of benzene rings is 1. The van der Waals surface area contributed by atoms with Gasteiger partial charge in [0.2, 0.25) is 0 Å². The van der Waals surface area contributed by atoms with Crippen LogP contribution in [-0.4, -0.2) is 30.6 Å². The first-order valence-electron chi connectivity index (χ1n) is 8.63. The van der Waals surface area contributed by atoms with E-state index >= 15 is 0 Å². The third-order valence-corrected chi connectivity index (χ3v) is 4.36. The van der Waals surface area contributed by atoms with E-state index in [4.69, 9.17) is 4.74 Å². The smallest absolute Gasteiger partial charge is 0.163 e. The number of para-hydroxylation sites is 1. The zero-order valence-corrected chi connectivity index (χ0v) is 14.3. The van der Waals surface area contributed by atoms with Crippen LogP contribution in [0.3, 0.4) is 0 Å². The Kier molecular flexibility index (Phi) is 3.38. The highest BCUT2D eigenvalue weighted by Crippen LogP contribution is 2.33. The molecule has 3 heterocycles. The van der Waals surface area contributed by atoms with E-state index in [9.17, 15) is 0 Å². The van der Waals surface area contributed by atoms with Crippen LogP contribution in [0.4, 0.5) is 11.5 Å². The van der Waals surface area contributed by atoms with Crippen molar-refractivity contribution in [1.29, 1.82) is 0 Å². The van der Waals surface area contributed by atoms with Crippen LogP contribution >= 0.6 is 0 Å². The largest absolute Gasteiger partial charge is 0.489 e. The summed E-state index contributed by atoms with van der Waals surface area (Å²) in [4.78, 5) is 4.67. The first-order valence-corrected chi connectivity index (χ1v) is 8.63. The number of hydrogen-bond acceptors (Lipinski definition) is 5. The molecule has 7 heteroatoms. The number of anilines is 2. The van der Waals surface area contributed by atoms with Gasteiger partial charge in [-0.1, -0.05) is 18.2 Å². The lowest BCUT2D eigenvalue weighted by molar-refractivity contribution is 0.307. The Balaban J connectivity index is 1.47. The van der Waals surface area contributed by atoms with Crippen LogP contribution in [0.15, 0.2) is 55.0 Å². The molecule has 0 aliphatic heterocycles. The molecule has 26 heavy (non-hydrogen) atoms. The lowest BCUT2D eigenvalue weighted by atomic mass is 10.3. The van der Waals surface area contributed by atoms with Crippen molar-refractivity contribution < 1.29 is 4.74 Å². The standard InChI is InChI=1S/C19H18N6O/c1-24-19-16(11-20-24)17(26-15-7-8-15)9-18(23-19)22-13-10-21-25(12-13)14-5-3-2-4-6-14/h2-6,9-12,15H,7-8H2,1H3,(H,22,23). The lowest BCUT2D eigenvalue weighted by Gasteiger charge is -2.09. The predicted octanol–water partition coefficient (Wildman–Crippen LogP) is 3.44. The van der Waals surface area contributed by atoms with Crippen LogP contribution in [0, 0.1) is 0 Å². The van der Waals surface area contributed by atoms with E-state index in [2.05, 4.69) is 20.5 Å². The van der Waals surface area contributed by atoms with E-state index in [-0.39, 0.29) is 0 Å². The summed E-state index contributed by atoms with van der Waals surface area (Å²) in [6.07, 6.45) is 8.05. The molecule has 0 amide bonds. The molecule has 3 aromatic heterocycles. The highest BCUT2D eigenvalue weighted by Gasteiger charge is 2.25. The maximum Gasteiger partial charge on any atom is 0.163 e. The number of ether oxygens (including phenoxy) is 1. The van der Waals surface area contributed by atoms with Gasteiger partial charge in [0.15, 0.2) is 5.65 Å². The Morgan fingerprint density at radius 2 is 1.96 bits per heavy atom. The van der Waals surface area contributed by atoms with Gasteiger partial charge in [-0.05, 0) is 25.0 Å². The van der Waals surface area contributed by atoms with Crippen LogP contribution in [0.25, 0.3) is 16.7 Å². The average Bonchev–Trinajstić information content (AvgIpc) is 3.22. The van der Waals surface area contributed by atoms with Crippen molar-refractivity contribution in [1.82, 2.24) is 24.5 Å². The van der Waals surface area contributed by atoms with Gasteiger partial charge in [-0.2, -0.15) is 10.2 Å². The lowest BCUT2D eigenvalue weighted by Crippen LogP contribution is -2.01. The molecule has 1 fully saturated rings. The summed E-state index contributed by atoms with van der Waals surface area (Å²) >= 11 is 0. The Morgan fingerprint density at radius 3 is 2.77 bits per heavy atom. The molecular weight excluding hydrogens is 328 g/mol. The molecule has 7 nitrogen and oxygen atoms in total. The van der Waals surface area contributed by atoms with Crippen molar-refractivity contribution >= 4 is 22.5 Å². The highest BCUT2D eigenvalue weighted by atomic mass is 16.5. The summed E-state index contributed by atoms with van der Waals surface area (Å²) in [6.45, 7) is 0. The molecule has 0 spiro atoms. The Hall–Kier alpha value is -3.35. The summed E-state index contributed by atoms with van der Waals surface area (Å²) in [6, 6.07) is 11.9. The maximum absolute atomic E-state index is 6.05. The molecule has 4 aromatic rings. The monoisotopic (exact) mass is 346 g/mol. The molecule has 1 aliphatic carbocycles. The van der Waals surface area contributed by atoms with Gasteiger partial charge in [-0.15, -0.1) is 0 Å². The minimum Gasteiger partial charge on any atom is -0.489 e. The molecule has 0 saturated heterocycles. The third-order valence-electron chi connectivity index (χ3n) is 4.36. The number of hydrogen-bond donors (Lipinski definition) is 1. The van der Waals surface area contributed by atoms with Crippen molar-refractivity contribution in [2.75, 3.05) is 5.32 Å². The number of pyridine rings is 1. The number of rotatable bonds is 5. The molecular formula is C19H18N6O. The van der Waals surface area contributed by atoms with Crippen LogP contribution in [0.5, 0.6) is 5.75 Å². The molecule has 1 aliphatic rings. The molecule has 1 saturated carbocycles. The van der Waals surface area contributed by atoms with Crippen LogP contribution in [0.2, 0.25) is 0 Å². The molecule has 0 atom stereocenters. The number of aryl methyl sites for hydroxylation is 1. The summed E-state index contributed by atoms with van der Waals surface area (Å²) < 4.78 is 9.63. The fourth-order valence-corrected chi connectivity index (χ4v) is 2.87. The zero-order chi connectivity index (χ0) is 17.5. The average molecular weight is 346 g/mol. The van der Waals surface area contributed by atoms with E-state index in [1.54, 1.807) is 17.1 Å². The minimum atomic E-state index is 0.314. The molecule has 1 N–H and O–H groups in total. The Morgan fingerprint density at radius 1 is 1.12 bits per heavy atom. The molecule has 5 rings (SSSR count). The van der Waals surface area contributed by atoms with Gasteiger partial charge in [-0.3, -0.25) is 4.68 Å². The Labute approximate surface area is 150 Å². The van der Waals surface area contributed by atoms with E-state index in [0.717, 1.165) is 41.0 Å². The van der Waals surface area contributed by atoms with Crippen molar-refractivity contribution in [2.24, 2.45) is 7.05 Å². The predicted molar refractivity (Wildman–Crippen MR) is 99.0 cm³/mol. The topological polar surface area (TPSA) is 69.8 Å². The number of aromatic nitrogens is 5. The van der Waals surface area contributed by atoms with E-state index in [0.29, 0.717) is 11.9 Å². The second kappa shape index (κ2) is 5.87. The van der Waals surface area contributed by atoms with Gasteiger partial charge < -0.3 is 10.1 Å². The van der Waals surface area contributed by atoms with Gasteiger partial charge >= 0.3 is 0 Å². The fourth-order valence-electron chi connectivity index (χ4n) is 2.87. The molecule has 1 aromatic carbocycles. The summed E-state index contributed by atoms with van der Waals surface area (Å²) in [5.41, 5.74) is 2.66. The summed E-state index contributed by atoms with van der Waals surface area (Å²) in [5.74, 6) is 1.54. The van der Waals surface area contributed by atoms with E-state index in [1.165, 1.54) is 0 Å². The minimum absolute atomic E-state index is 0.314. The van der Waals surface area contributed by atoms with E-state index < -0.39 is 0 Å². The van der Waals surface area contributed by atoms with Crippen LogP contribution in [-0.2, 0) is 7.05 Å². The second-order valence-electron chi connectivity index (χ2n) is 6.46. The second-order valence-corrected chi connectivity index (χ2v) is 6.46. The van der Waals surface area contributed by atoms with Crippen LogP contribution < -0.4 is 10.1 Å². The van der Waals surface area contributed by atoms with Gasteiger partial charge in [0.05, 0.1) is 41.5 Å². The Bertz CT molecular complexity index is 1060. The summed E-state index contributed by atoms with van der Waals surface area (Å²) in [7, 11) is 1.88. The van der Waals surface area contributed by atoms with Gasteiger partial charge in [-0.25, -0.2) is 9.67 Å². The van der Waals surface area contributed by atoms with Gasteiger partial charge in [0, 0.05) is 13.1 Å². The van der Waals surface area contributed by atoms with Crippen molar-refractivity contribution in [3.8, 4) is 11.4 Å². The van der Waals surface area contributed by atoms with Gasteiger partial charge in [0.1, 0.15) is 11.6 Å². The van der Waals surface area contributed by atoms with Crippen molar-refractivity contribution in [3.05, 3.63) is 55.0 Å². The number of nitrogens with zero attached hydrogens (tertiary/aromatic N) is 5. The zero-order valence-electron chi connectivity index (χ0n) is 14.3. The maximum atomic E-state index is 6.05. The number of fused-ring (bicyclic) bond motifs is 1. The number of nitrogens with one attached hydrogen (secondary N) is 1. The van der Waals surface area contributed by atoms with Crippen molar-refractivity contribution in [3.63, 3.8) is 0 Å². The quantitative estimate of drug-likeness (QED) is 0.599. The molecule has 0 radical (unpaired) electrons. The SMILES string of the molecule is Cn1ncc2c(OC3CC3)cc(Nc3cnn(-c4ccccc4)c3)nc21. The normalized spacial score (nSPS) is 13.9. The third kappa shape index (κ3) is 2.77. The van der Waals surface area contributed by atoms with Crippen LogP contribution in [0.1, 0.15) is 12.8 Å². The molecule has 0 unspecified atom stereocenters. The molecule has 0 bridgehead atoms. The van der Waals surface area contributed by atoms with E-state index in [1.807, 2.05) is 54.3 Å². The first-order chi connectivity index (χ1) is 12.8. The van der Waals surface area contributed by atoms with Gasteiger partial charge in [0.25, 0.3) is 0 Å².